The predicted molar refractivity (Wildman–Crippen MR) is 89.4 cm³/mol. The zero-order chi connectivity index (χ0) is 16.4. The average Bonchev–Trinajstić information content (AvgIpc) is 2.88. The number of rotatable bonds is 1. The Balaban J connectivity index is 1.64. The Morgan fingerprint density at radius 2 is 1.87 bits per heavy atom. The molecule has 0 saturated heterocycles. The number of nitrogens with two attached hydrogens (primary N) is 1. The Labute approximate surface area is 139 Å². The number of fused-ring (bicyclic) bond motifs is 5. The average molecular weight is 315 g/mol. The minimum atomic E-state index is 0.174. The van der Waals surface area contributed by atoms with E-state index < -0.39 is 0 Å². The van der Waals surface area contributed by atoms with E-state index in [1.54, 1.807) is 6.92 Å². The van der Waals surface area contributed by atoms with Crippen LogP contribution in [0.15, 0.2) is 11.3 Å². The molecule has 3 heteroatoms. The van der Waals surface area contributed by atoms with E-state index in [0.717, 1.165) is 25.2 Å². The minimum Gasteiger partial charge on any atom is -0.396 e. The van der Waals surface area contributed by atoms with Crippen molar-refractivity contribution < 1.29 is 9.59 Å². The van der Waals surface area contributed by atoms with Crippen LogP contribution in [0.2, 0.25) is 0 Å². The summed E-state index contributed by atoms with van der Waals surface area (Å²) >= 11 is 0. The second-order valence-corrected chi connectivity index (χ2v) is 8.77. The number of ketones is 2. The molecule has 4 rings (SSSR count). The molecular weight excluding hydrogens is 286 g/mol. The molecule has 0 bridgehead atoms. The van der Waals surface area contributed by atoms with Crippen LogP contribution >= 0.6 is 0 Å². The molecule has 0 aromatic rings. The molecule has 3 nitrogen and oxygen atoms in total. The first-order valence-corrected chi connectivity index (χ1v) is 9.45. The Hall–Kier alpha value is -1.12. The number of carbonyl (C=O) groups is 2. The van der Waals surface area contributed by atoms with Crippen molar-refractivity contribution in [2.75, 3.05) is 0 Å². The van der Waals surface area contributed by atoms with E-state index in [2.05, 4.69) is 6.92 Å². The largest absolute Gasteiger partial charge is 0.396 e. The summed E-state index contributed by atoms with van der Waals surface area (Å²) in [6, 6.07) is 0. The molecule has 6 atom stereocenters. The van der Waals surface area contributed by atoms with Gasteiger partial charge in [0.15, 0.2) is 5.78 Å². The standard InChI is InChI=1S/C20H29NO2/c1-11(22)16-6-7-17-14-3-4-15-12(5-8-18(23)19(15)21)13(14)9-10-20(16,17)2/h12-14,16-17H,3-10,21H2,1-2H3/t12-,13-,14-,16-,17+,20-/m1/s1. The Bertz CT molecular complexity index is 592. The summed E-state index contributed by atoms with van der Waals surface area (Å²) in [6.07, 6.45) is 8.56. The van der Waals surface area contributed by atoms with Gasteiger partial charge in [0.1, 0.15) is 5.78 Å². The van der Waals surface area contributed by atoms with E-state index in [9.17, 15) is 9.59 Å². The van der Waals surface area contributed by atoms with Gasteiger partial charge in [-0.15, -0.1) is 0 Å². The van der Waals surface area contributed by atoms with E-state index in [4.69, 9.17) is 5.73 Å². The first kappa shape index (κ1) is 15.4. The van der Waals surface area contributed by atoms with Gasteiger partial charge < -0.3 is 5.73 Å². The Morgan fingerprint density at radius 3 is 2.61 bits per heavy atom. The molecule has 4 aliphatic rings. The van der Waals surface area contributed by atoms with Crippen molar-refractivity contribution in [1.29, 1.82) is 0 Å². The molecule has 0 heterocycles. The molecule has 126 valence electrons. The summed E-state index contributed by atoms with van der Waals surface area (Å²) in [5.41, 5.74) is 8.24. The van der Waals surface area contributed by atoms with Gasteiger partial charge in [-0.05, 0) is 86.5 Å². The van der Waals surface area contributed by atoms with E-state index in [1.165, 1.54) is 31.3 Å². The van der Waals surface area contributed by atoms with Crippen LogP contribution in [0.4, 0.5) is 0 Å². The molecular formula is C20H29NO2. The summed E-state index contributed by atoms with van der Waals surface area (Å²) in [6.45, 7) is 4.18. The van der Waals surface area contributed by atoms with Gasteiger partial charge in [-0.1, -0.05) is 6.92 Å². The fourth-order valence-corrected chi connectivity index (χ4v) is 6.99. The van der Waals surface area contributed by atoms with Crippen LogP contribution in [0.1, 0.15) is 65.2 Å². The highest BCUT2D eigenvalue weighted by molar-refractivity contribution is 5.96. The third kappa shape index (κ3) is 2.08. The lowest BCUT2D eigenvalue weighted by atomic mass is 9.51. The maximum atomic E-state index is 12.1. The first-order valence-electron chi connectivity index (χ1n) is 9.45. The SMILES string of the molecule is CC(=O)[C@H]1CC[C@H]2[C@@H]3CCC4=C(N)C(=O)CC[C@@H]4[C@H]3CC[C@]12C. The summed E-state index contributed by atoms with van der Waals surface area (Å²) in [5.74, 6) is 3.55. The van der Waals surface area contributed by atoms with Gasteiger partial charge in [-0.25, -0.2) is 0 Å². The lowest BCUT2D eigenvalue weighted by Crippen LogP contribution is -2.48. The molecule has 0 aliphatic heterocycles. The van der Waals surface area contributed by atoms with Crippen molar-refractivity contribution >= 4 is 11.6 Å². The summed E-state index contributed by atoms with van der Waals surface area (Å²) in [4.78, 5) is 24.1. The van der Waals surface area contributed by atoms with Crippen LogP contribution < -0.4 is 5.73 Å². The Morgan fingerprint density at radius 1 is 1.09 bits per heavy atom. The lowest BCUT2D eigenvalue weighted by Gasteiger charge is -2.54. The van der Waals surface area contributed by atoms with Gasteiger partial charge in [0.05, 0.1) is 5.70 Å². The van der Waals surface area contributed by atoms with Crippen molar-refractivity contribution in [3.8, 4) is 0 Å². The smallest absolute Gasteiger partial charge is 0.178 e. The highest BCUT2D eigenvalue weighted by Gasteiger charge is 2.57. The van der Waals surface area contributed by atoms with Gasteiger partial charge >= 0.3 is 0 Å². The summed E-state index contributed by atoms with van der Waals surface area (Å²) < 4.78 is 0. The van der Waals surface area contributed by atoms with Crippen molar-refractivity contribution in [2.45, 2.75) is 65.2 Å². The topological polar surface area (TPSA) is 60.2 Å². The maximum Gasteiger partial charge on any atom is 0.178 e. The minimum absolute atomic E-state index is 0.174. The Kier molecular flexibility index (Phi) is 3.48. The summed E-state index contributed by atoms with van der Waals surface area (Å²) in [7, 11) is 0. The monoisotopic (exact) mass is 315 g/mol. The quantitative estimate of drug-likeness (QED) is 0.804. The molecule has 0 radical (unpaired) electrons. The summed E-state index contributed by atoms with van der Waals surface area (Å²) in [5, 5.41) is 0. The van der Waals surface area contributed by atoms with Crippen molar-refractivity contribution in [3.05, 3.63) is 11.3 Å². The third-order valence-corrected chi connectivity index (χ3v) is 8.02. The molecule has 23 heavy (non-hydrogen) atoms. The van der Waals surface area contributed by atoms with Crippen molar-refractivity contribution in [1.82, 2.24) is 0 Å². The van der Waals surface area contributed by atoms with Crippen LogP contribution in [0.3, 0.4) is 0 Å². The fraction of sp³-hybridized carbons (Fsp3) is 0.800. The van der Waals surface area contributed by atoms with Crippen LogP contribution in [0.5, 0.6) is 0 Å². The number of carbonyl (C=O) groups excluding carboxylic acids is 2. The van der Waals surface area contributed by atoms with Gasteiger partial charge in [0.25, 0.3) is 0 Å². The van der Waals surface area contributed by atoms with Crippen LogP contribution in [0, 0.1) is 35.0 Å². The normalized spacial score (nSPS) is 46.2. The number of allylic oxidation sites excluding steroid dienone is 1. The second kappa shape index (κ2) is 5.19. The molecule has 0 aromatic heterocycles. The molecule has 2 N–H and O–H groups in total. The highest BCUT2D eigenvalue weighted by Crippen LogP contribution is 2.63. The van der Waals surface area contributed by atoms with Gasteiger partial charge in [0.2, 0.25) is 0 Å². The van der Waals surface area contributed by atoms with Gasteiger partial charge in [-0.3, -0.25) is 9.59 Å². The maximum absolute atomic E-state index is 12.1. The lowest BCUT2D eigenvalue weighted by molar-refractivity contribution is -0.127. The van der Waals surface area contributed by atoms with E-state index in [0.29, 0.717) is 35.7 Å². The second-order valence-electron chi connectivity index (χ2n) is 8.77. The third-order valence-electron chi connectivity index (χ3n) is 8.02. The van der Waals surface area contributed by atoms with Gasteiger partial charge in [-0.2, -0.15) is 0 Å². The van der Waals surface area contributed by atoms with Gasteiger partial charge in [0, 0.05) is 12.3 Å². The molecule has 0 spiro atoms. The molecule has 0 amide bonds. The molecule has 0 aromatic carbocycles. The zero-order valence-corrected chi connectivity index (χ0v) is 14.4. The van der Waals surface area contributed by atoms with Crippen LogP contribution in [-0.2, 0) is 9.59 Å². The predicted octanol–water partition coefficient (Wildman–Crippen LogP) is 3.62. The molecule has 0 unspecified atom stereocenters. The fourth-order valence-electron chi connectivity index (χ4n) is 6.99. The first-order chi connectivity index (χ1) is 10.9. The number of hydrogen-bond donors (Lipinski definition) is 1. The van der Waals surface area contributed by atoms with E-state index in [1.807, 2.05) is 0 Å². The molecule has 3 saturated carbocycles. The van der Waals surface area contributed by atoms with E-state index >= 15 is 0 Å². The highest BCUT2D eigenvalue weighted by atomic mass is 16.1. The van der Waals surface area contributed by atoms with Crippen molar-refractivity contribution in [3.63, 3.8) is 0 Å². The van der Waals surface area contributed by atoms with Crippen molar-refractivity contribution in [2.24, 2.45) is 40.7 Å². The van der Waals surface area contributed by atoms with E-state index in [-0.39, 0.29) is 17.1 Å². The zero-order valence-electron chi connectivity index (χ0n) is 14.4. The number of Topliss-reactive ketones (excluding diaryl/α,β-unsaturated/α-hetero) is 2. The molecule has 4 aliphatic carbocycles. The van der Waals surface area contributed by atoms with Crippen LogP contribution in [0.25, 0.3) is 0 Å². The molecule has 3 fully saturated rings. The number of hydrogen-bond acceptors (Lipinski definition) is 3. The van der Waals surface area contributed by atoms with Crippen LogP contribution in [-0.4, -0.2) is 11.6 Å².